The number of β-amino-alcohol motifs (C(OH)–C–C–N with tert-alkyl or cyclic N) is 1. The van der Waals surface area contributed by atoms with E-state index in [0.29, 0.717) is 6.04 Å². The standard InChI is InChI=1S/C20H32N2O3/c1-15-10-21(11-16(2)25-15)13-19(23)14-22(18-6-7-18)12-17-4-8-20(24-3)9-5-17/h4-5,8-9,15-16,18-19,23H,6-7,10-14H2,1-3H3. The summed E-state index contributed by atoms with van der Waals surface area (Å²) in [6.07, 6.45) is 2.66. The van der Waals surface area contributed by atoms with E-state index < -0.39 is 0 Å². The van der Waals surface area contributed by atoms with E-state index in [1.54, 1.807) is 7.11 Å². The van der Waals surface area contributed by atoms with Crippen LogP contribution in [0.15, 0.2) is 24.3 Å². The second kappa shape index (κ2) is 8.49. The largest absolute Gasteiger partial charge is 0.497 e. The minimum atomic E-state index is -0.323. The van der Waals surface area contributed by atoms with E-state index in [1.807, 2.05) is 12.1 Å². The highest BCUT2D eigenvalue weighted by Gasteiger charge is 2.31. The van der Waals surface area contributed by atoms with E-state index in [9.17, 15) is 5.11 Å². The average Bonchev–Trinajstić information content (AvgIpc) is 3.38. The number of hydrogen-bond acceptors (Lipinski definition) is 5. The van der Waals surface area contributed by atoms with E-state index in [2.05, 4.69) is 35.8 Å². The SMILES string of the molecule is COc1ccc(CN(CC(O)CN2CC(C)OC(C)C2)C2CC2)cc1. The van der Waals surface area contributed by atoms with Gasteiger partial charge in [-0.25, -0.2) is 0 Å². The smallest absolute Gasteiger partial charge is 0.118 e. The molecule has 0 bridgehead atoms. The van der Waals surface area contributed by atoms with Crippen molar-refractivity contribution in [3.05, 3.63) is 29.8 Å². The Morgan fingerprint density at radius 1 is 1.20 bits per heavy atom. The maximum atomic E-state index is 10.6. The molecule has 3 rings (SSSR count). The third kappa shape index (κ3) is 5.68. The summed E-state index contributed by atoms with van der Waals surface area (Å²) >= 11 is 0. The Morgan fingerprint density at radius 3 is 2.40 bits per heavy atom. The number of aliphatic hydroxyl groups is 1. The van der Waals surface area contributed by atoms with Crippen molar-refractivity contribution in [3.8, 4) is 5.75 Å². The molecule has 1 heterocycles. The van der Waals surface area contributed by atoms with Gasteiger partial charge in [0.15, 0.2) is 0 Å². The Hall–Kier alpha value is -1.14. The van der Waals surface area contributed by atoms with Crippen LogP contribution >= 0.6 is 0 Å². The summed E-state index contributed by atoms with van der Waals surface area (Å²) in [5.41, 5.74) is 1.27. The first kappa shape index (κ1) is 18.6. The zero-order chi connectivity index (χ0) is 17.8. The van der Waals surface area contributed by atoms with Crippen molar-refractivity contribution in [3.63, 3.8) is 0 Å². The lowest BCUT2D eigenvalue weighted by Crippen LogP contribution is -2.49. The van der Waals surface area contributed by atoms with E-state index >= 15 is 0 Å². The van der Waals surface area contributed by atoms with E-state index in [1.165, 1.54) is 18.4 Å². The van der Waals surface area contributed by atoms with Gasteiger partial charge in [-0.2, -0.15) is 0 Å². The van der Waals surface area contributed by atoms with Crippen LogP contribution in [-0.2, 0) is 11.3 Å². The summed E-state index contributed by atoms with van der Waals surface area (Å²) in [6.45, 7) is 8.37. The van der Waals surface area contributed by atoms with Crippen LogP contribution < -0.4 is 4.74 Å². The van der Waals surface area contributed by atoms with Crippen LogP contribution in [0.4, 0.5) is 0 Å². The van der Waals surface area contributed by atoms with Gasteiger partial charge < -0.3 is 14.6 Å². The predicted octanol–water partition coefficient (Wildman–Crippen LogP) is 2.13. The second-order valence-electron chi connectivity index (χ2n) is 7.64. The first-order valence-electron chi connectivity index (χ1n) is 9.46. The van der Waals surface area contributed by atoms with Crippen LogP contribution in [0.2, 0.25) is 0 Å². The monoisotopic (exact) mass is 348 g/mol. The van der Waals surface area contributed by atoms with Gasteiger partial charge in [0.25, 0.3) is 0 Å². The van der Waals surface area contributed by atoms with Crippen LogP contribution in [0.5, 0.6) is 5.75 Å². The van der Waals surface area contributed by atoms with Crippen LogP contribution in [0, 0.1) is 0 Å². The molecule has 2 aliphatic rings. The van der Waals surface area contributed by atoms with Crippen molar-refractivity contribution in [1.82, 2.24) is 9.80 Å². The molecule has 3 atom stereocenters. The minimum Gasteiger partial charge on any atom is -0.497 e. The fourth-order valence-corrected chi connectivity index (χ4v) is 3.81. The molecule has 2 fully saturated rings. The number of benzene rings is 1. The average molecular weight is 348 g/mol. The molecule has 25 heavy (non-hydrogen) atoms. The molecule has 5 nitrogen and oxygen atoms in total. The third-order valence-electron chi connectivity index (χ3n) is 5.02. The number of hydrogen-bond donors (Lipinski definition) is 1. The highest BCUT2D eigenvalue weighted by atomic mass is 16.5. The van der Waals surface area contributed by atoms with Gasteiger partial charge in [-0.05, 0) is 44.4 Å². The van der Waals surface area contributed by atoms with Gasteiger partial charge in [-0.15, -0.1) is 0 Å². The lowest BCUT2D eigenvalue weighted by atomic mass is 10.1. The lowest BCUT2D eigenvalue weighted by molar-refractivity contribution is -0.0782. The van der Waals surface area contributed by atoms with E-state index in [0.717, 1.165) is 38.5 Å². The molecule has 1 aromatic rings. The maximum absolute atomic E-state index is 10.6. The van der Waals surface area contributed by atoms with Crippen LogP contribution in [0.3, 0.4) is 0 Å². The predicted molar refractivity (Wildman–Crippen MR) is 98.9 cm³/mol. The molecular weight excluding hydrogens is 316 g/mol. The summed E-state index contributed by atoms with van der Waals surface area (Å²) in [5.74, 6) is 0.886. The number of methoxy groups -OCH3 is 1. The van der Waals surface area contributed by atoms with Crippen molar-refractivity contribution in [2.24, 2.45) is 0 Å². The lowest BCUT2D eigenvalue weighted by Gasteiger charge is -2.37. The number of aliphatic hydroxyl groups excluding tert-OH is 1. The van der Waals surface area contributed by atoms with Crippen molar-refractivity contribution in [1.29, 1.82) is 0 Å². The Kier molecular flexibility index (Phi) is 6.34. The highest BCUT2D eigenvalue weighted by molar-refractivity contribution is 5.27. The summed E-state index contributed by atoms with van der Waals surface area (Å²) in [6, 6.07) is 8.87. The number of ether oxygens (including phenoxy) is 2. The molecule has 1 aliphatic carbocycles. The molecule has 0 radical (unpaired) electrons. The normalized spacial score (nSPS) is 26.0. The minimum absolute atomic E-state index is 0.245. The zero-order valence-electron chi connectivity index (χ0n) is 15.7. The quantitative estimate of drug-likeness (QED) is 0.780. The second-order valence-corrected chi connectivity index (χ2v) is 7.64. The van der Waals surface area contributed by atoms with Crippen molar-refractivity contribution in [2.45, 2.75) is 57.6 Å². The van der Waals surface area contributed by atoms with Crippen LogP contribution in [0.25, 0.3) is 0 Å². The summed E-state index contributed by atoms with van der Waals surface area (Å²) in [5, 5.41) is 10.6. The van der Waals surface area contributed by atoms with Gasteiger partial charge >= 0.3 is 0 Å². The van der Waals surface area contributed by atoms with Gasteiger partial charge in [0.2, 0.25) is 0 Å². The fraction of sp³-hybridized carbons (Fsp3) is 0.700. The molecule has 0 aromatic heterocycles. The van der Waals surface area contributed by atoms with Crippen molar-refractivity contribution < 1.29 is 14.6 Å². The Bertz CT molecular complexity index is 522. The highest BCUT2D eigenvalue weighted by Crippen LogP contribution is 2.29. The molecule has 140 valence electrons. The third-order valence-corrected chi connectivity index (χ3v) is 5.02. The molecule has 1 aromatic carbocycles. The topological polar surface area (TPSA) is 45.2 Å². The molecule has 3 unspecified atom stereocenters. The Labute approximate surface area is 151 Å². The van der Waals surface area contributed by atoms with E-state index in [-0.39, 0.29) is 18.3 Å². The fourth-order valence-electron chi connectivity index (χ4n) is 3.81. The number of nitrogens with zero attached hydrogens (tertiary/aromatic N) is 2. The molecular formula is C20H32N2O3. The Balaban J connectivity index is 1.52. The van der Waals surface area contributed by atoms with Gasteiger partial charge in [-0.3, -0.25) is 9.80 Å². The zero-order valence-corrected chi connectivity index (χ0v) is 15.7. The van der Waals surface area contributed by atoms with Gasteiger partial charge in [0.05, 0.1) is 25.4 Å². The van der Waals surface area contributed by atoms with Crippen LogP contribution in [0.1, 0.15) is 32.3 Å². The summed E-state index contributed by atoms with van der Waals surface area (Å²) in [4.78, 5) is 4.77. The molecule has 1 saturated carbocycles. The maximum Gasteiger partial charge on any atom is 0.118 e. The Morgan fingerprint density at radius 2 is 1.84 bits per heavy atom. The molecule has 0 amide bonds. The number of morpholine rings is 1. The first-order valence-corrected chi connectivity index (χ1v) is 9.46. The molecule has 0 spiro atoms. The first-order chi connectivity index (χ1) is 12.0. The summed E-state index contributed by atoms with van der Waals surface area (Å²) < 4.78 is 11.0. The van der Waals surface area contributed by atoms with Gasteiger partial charge in [-0.1, -0.05) is 12.1 Å². The van der Waals surface area contributed by atoms with Crippen molar-refractivity contribution >= 4 is 0 Å². The van der Waals surface area contributed by atoms with E-state index in [4.69, 9.17) is 9.47 Å². The molecule has 1 saturated heterocycles. The summed E-state index contributed by atoms with van der Waals surface area (Å²) in [7, 11) is 1.69. The van der Waals surface area contributed by atoms with Crippen molar-refractivity contribution in [2.75, 3.05) is 33.3 Å². The number of rotatable bonds is 8. The van der Waals surface area contributed by atoms with Crippen LogP contribution in [-0.4, -0.2) is 72.5 Å². The van der Waals surface area contributed by atoms with Gasteiger partial charge in [0.1, 0.15) is 5.75 Å². The molecule has 1 N–H and O–H groups in total. The molecule has 1 aliphatic heterocycles. The van der Waals surface area contributed by atoms with Gasteiger partial charge in [0, 0.05) is 38.8 Å². The molecule has 5 heteroatoms.